The fourth-order valence-electron chi connectivity index (χ4n) is 0.683. The van der Waals surface area contributed by atoms with Crippen molar-refractivity contribution in [2.24, 2.45) is 0 Å². The Hall–Kier alpha value is -0.870. The van der Waals surface area contributed by atoms with Crippen LogP contribution < -0.4 is 0 Å². The molecule has 0 aliphatic carbocycles. The lowest BCUT2D eigenvalue weighted by Gasteiger charge is -1.98. The van der Waals surface area contributed by atoms with E-state index < -0.39 is 10.1 Å². The zero-order valence-corrected chi connectivity index (χ0v) is 9.54. The lowest BCUT2D eigenvalue weighted by atomic mass is 10.4. The van der Waals surface area contributed by atoms with E-state index in [1.807, 2.05) is 0 Å². The third kappa shape index (κ3) is 4.39. The van der Waals surface area contributed by atoms with E-state index in [0.29, 0.717) is 0 Å². The Morgan fingerprint density at radius 1 is 1.14 bits per heavy atom. The summed E-state index contributed by atoms with van der Waals surface area (Å²) in [6, 6.07) is 8.00. The SMILES string of the molecule is CCC.COS(=O)(=O)c1ccccc1. The molecule has 0 heterocycles. The van der Waals surface area contributed by atoms with Gasteiger partial charge in [-0.2, -0.15) is 8.42 Å². The molecule has 0 aromatic heterocycles. The molecule has 1 aromatic carbocycles. The van der Waals surface area contributed by atoms with Gasteiger partial charge in [0.25, 0.3) is 10.1 Å². The van der Waals surface area contributed by atoms with Crippen LogP contribution in [0.4, 0.5) is 0 Å². The second kappa shape index (κ2) is 6.56. The zero-order chi connectivity index (χ0) is 11.0. The van der Waals surface area contributed by atoms with Gasteiger partial charge in [-0.15, -0.1) is 0 Å². The van der Waals surface area contributed by atoms with Crippen LogP contribution in [-0.2, 0) is 14.3 Å². The Morgan fingerprint density at radius 3 is 1.93 bits per heavy atom. The van der Waals surface area contributed by atoms with Gasteiger partial charge in [0.2, 0.25) is 0 Å². The molecule has 14 heavy (non-hydrogen) atoms. The van der Waals surface area contributed by atoms with Crippen LogP contribution in [0.3, 0.4) is 0 Å². The molecule has 0 spiro atoms. The fourth-order valence-corrected chi connectivity index (χ4v) is 1.37. The molecule has 0 amide bonds. The average Bonchev–Trinajstić information content (AvgIpc) is 2.20. The largest absolute Gasteiger partial charge is 0.296 e. The van der Waals surface area contributed by atoms with Crippen molar-refractivity contribution in [3.63, 3.8) is 0 Å². The Bertz CT molecular complexity index is 330. The van der Waals surface area contributed by atoms with Crippen LogP contribution in [0.5, 0.6) is 0 Å². The first-order valence-electron chi connectivity index (χ1n) is 4.44. The first kappa shape index (κ1) is 13.1. The normalized spacial score (nSPS) is 10.2. The summed E-state index contributed by atoms with van der Waals surface area (Å²) in [6.45, 7) is 4.25. The van der Waals surface area contributed by atoms with Crippen LogP contribution in [0.25, 0.3) is 0 Å². The van der Waals surface area contributed by atoms with Crippen molar-refractivity contribution >= 4 is 10.1 Å². The van der Waals surface area contributed by atoms with Gasteiger partial charge in [0.1, 0.15) is 0 Å². The van der Waals surface area contributed by atoms with Crippen LogP contribution in [0, 0.1) is 0 Å². The lowest BCUT2D eigenvalue weighted by molar-refractivity contribution is 0.398. The molecule has 0 saturated carbocycles. The highest BCUT2D eigenvalue weighted by atomic mass is 32.2. The van der Waals surface area contributed by atoms with Crippen molar-refractivity contribution in [2.75, 3.05) is 7.11 Å². The highest BCUT2D eigenvalue weighted by Gasteiger charge is 2.10. The van der Waals surface area contributed by atoms with Gasteiger partial charge in [-0.1, -0.05) is 38.5 Å². The van der Waals surface area contributed by atoms with Crippen LogP contribution in [0.2, 0.25) is 0 Å². The van der Waals surface area contributed by atoms with E-state index in [-0.39, 0.29) is 4.90 Å². The number of hydrogen-bond donors (Lipinski definition) is 0. The molecule has 0 N–H and O–H groups in total. The number of benzene rings is 1. The molecule has 0 aliphatic heterocycles. The molecule has 0 bridgehead atoms. The Balaban J connectivity index is 0.000000500. The molecule has 3 nitrogen and oxygen atoms in total. The number of hydrogen-bond acceptors (Lipinski definition) is 3. The van der Waals surface area contributed by atoms with Gasteiger partial charge >= 0.3 is 0 Å². The van der Waals surface area contributed by atoms with Gasteiger partial charge in [-0.3, -0.25) is 4.18 Å². The molecule has 0 atom stereocenters. The van der Waals surface area contributed by atoms with Gasteiger partial charge in [-0.25, -0.2) is 0 Å². The molecule has 0 radical (unpaired) electrons. The first-order chi connectivity index (χ1) is 6.58. The predicted molar refractivity (Wildman–Crippen MR) is 56.6 cm³/mol. The summed E-state index contributed by atoms with van der Waals surface area (Å²) in [4.78, 5) is 0.183. The van der Waals surface area contributed by atoms with Gasteiger partial charge in [0.15, 0.2) is 0 Å². The van der Waals surface area contributed by atoms with Crippen molar-refractivity contribution in [3.05, 3.63) is 30.3 Å². The summed E-state index contributed by atoms with van der Waals surface area (Å²) < 4.78 is 26.3. The smallest absolute Gasteiger partial charge is 0.270 e. The fraction of sp³-hybridized carbons (Fsp3) is 0.400. The van der Waals surface area contributed by atoms with Crippen molar-refractivity contribution in [2.45, 2.75) is 25.2 Å². The van der Waals surface area contributed by atoms with Crippen molar-refractivity contribution < 1.29 is 12.6 Å². The van der Waals surface area contributed by atoms with Crippen LogP contribution in [-0.4, -0.2) is 15.5 Å². The van der Waals surface area contributed by atoms with Crippen molar-refractivity contribution in [1.82, 2.24) is 0 Å². The van der Waals surface area contributed by atoms with Gasteiger partial charge < -0.3 is 0 Å². The van der Waals surface area contributed by atoms with E-state index in [2.05, 4.69) is 18.0 Å². The highest BCUT2D eigenvalue weighted by molar-refractivity contribution is 7.86. The van der Waals surface area contributed by atoms with Crippen molar-refractivity contribution in [1.29, 1.82) is 0 Å². The molecule has 0 unspecified atom stereocenters. The maximum absolute atomic E-state index is 11.0. The minimum absolute atomic E-state index is 0.183. The maximum atomic E-state index is 11.0. The molecule has 1 rings (SSSR count). The molecule has 1 aromatic rings. The summed E-state index contributed by atoms with van der Waals surface area (Å²) in [5.74, 6) is 0. The summed E-state index contributed by atoms with van der Waals surface area (Å²) in [5.41, 5.74) is 0. The Morgan fingerprint density at radius 2 is 1.57 bits per heavy atom. The van der Waals surface area contributed by atoms with E-state index in [1.165, 1.54) is 18.6 Å². The second-order valence-electron chi connectivity index (χ2n) is 2.64. The Kier molecular flexibility index (Phi) is 6.16. The predicted octanol–water partition coefficient (Wildman–Crippen LogP) is 2.44. The topological polar surface area (TPSA) is 43.4 Å². The molecule has 4 heteroatoms. The quantitative estimate of drug-likeness (QED) is 0.713. The first-order valence-corrected chi connectivity index (χ1v) is 5.85. The van der Waals surface area contributed by atoms with E-state index in [9.17, 15) is 8.42 Å². The van der Waals surface area contributed by atoms with Crippen LogP contribution in [0.1, 0.15) is 20.3 Å². The third-order valence-corrected chi connectivity index (χ3v) is 2.54. The summed E-state index contributed by atoms with van der Waals surface area (Å²) >= 11 is 0. The summed E-state index contributed by atoms with van der Waals surface area (Å²) in [6.07, 6.45) is 1.25. The van der Waals surface area contributed by atoms with Crippen LogP contribution in [0.15, 0.2) is 35.2 Å². The van der Waals surface area contributed by atoms with Gasteiger partial charge in [-0.05, 0) is 12.1 Å². The van der Waals surface area contributed by atoms with Gasteiger partial charge in [0.05, 0.1) is 12.0 Å². The average molecular weight is 216 g/mol. The van der Waals surface area contributed by atoms with E-state index >= 15 is 0 Å². The van der Waals surface area contributed by atoms with E-state index in [1.54, 1.807) is 18.2 Å². The minimum atomic E-state index is -3.50. The number of rotatable bonds is 2. The lowest BCUT2D eigenvalue weighted by Crippen LogP contribution is -2.01. The molecule has 0 saturated heterocycles. The molecular weight excluding hydrogens is 200 g/mol. The molecule has 0 fully saturated rings. The second-order valence-corrected chi connectivity index (χ2v) is 4.35. The highest BCUT2D eigenvalue weighted by Crippen LogP contribution is 2.09. The molecule has 0 aliphatic rings. The standard InChI is InChI=1S/C7H8O3S.C3H8/c1-10-11(8,9)7-5-3-2-4-6-7;1-3-2/h2-6H,1H3;3H2,1-2H3. The summed E-state index contributed by atoms with van der Waals surface area (Å²) in [7, 11) is -2.36. The third-order valence-electron chi connectivity index (χ3n) is 1.25. The zero-order valence-electron chi connectivity index (χ0n) is 8.73. The molecule has 80 valence electrons. The van der Waals surface area contributed by atoms with E-state index in [4.69, 9.17) is 0 Å². The molecular formula is C10H16O3S. The van der Waals surface area contributed by atoms with Crippen LogP contribution >= 0.6 is 0 Å². The van der Waals surface area contributed by atoms with Crippen molar-refractivity contribution in [3.8, 4) is 0 Å². The van der Waals surface area contributed by atoms with Gasteiger partial charge in [0, 0.05) is 0 Å². The monoisotopic (exact) mass is 216 g/mol. The minimum Gasteiger partial charge on any atom is -0.270 e. The maximum Gasteiger partial charge on any atom is 0.296 e. The van der Waals surface area contributed by atoms with E-state index in [0.717, 1.165) is 7.11 Å². The summed E-state index contributed by atoms with van der Waals surface area (Å²) in [5, 5.41) is 0. The Labute approximate surface area is 85.8 Å².